The predicted molar refractivity (Wildman–Crippen MR) is 370 cm³/mol. The lowest BCUT2D eigenvalue weighted by Gasteiger charge is -2.39. The molecule has 10 nitrogen and oxygen atoms in total. The van der Waals surface area contributed by atoms with E-state index >= 15 is 0 Å². The van der Waals surface area contributed by atoms with Crippen LogP contribution >= 0.6 is 61.1 Å². The first-order valence-corrected chi connectivity index (χ1v) is 36.0. The molecule has 5 N–H and O–H groups in total. The molecule has 6 aromatic carbocycles. The Labute approximate surface area is 522 Å². The number of aromatic nitrogens is 2. The Balaban J connectivity index is 0.000000364. The zero-order valence-electron chi connectivity index (χ0n) is 47.5. The molecule has 0 fully saturated rings. The number of rotatable bonds is 20. The first-order chi connectivity index (χ1) is 37.5. The van der Waals surface area contributed by atoms with E-state index in [9.17, 15) is 9.59 Å². The fraction of sp³-hybridized carbons (Fsp3) is 0.364. The number of fused-ring (bicyclic) bond motifs is 2. The molecule has 8 rings (SSSR count). The van der Waals surface area contributed by atoms with Gasteiger partial charge >= 0.3 is 0 Å². The largest absolute Gasteiger partial charge is 0.487 e. The average molecular weight is 1420 g/mol. The fourth-order valence-corrected chi connectivity index (χ4v) is 12.2. The normalized spacial score (nSPS) is 12.4. The van der Waals surface area contributed by atoms with E-state index in [4.69, 9.17) is 24.1 Å². The van der Waals surface area contributed by atoms with E-state index in [2.05, 4.69) is 205 Å². The van der Waals surface area contributed by atoms with Crippen LogP contribution in [0.4, 0.5) is 0 Å². The zero-order chi connectivity index (χ0) is 57.4. The van der Waals surface area contributed by atoms with E-state index in [1.54, 1.807) is 12.1 Å². The molecule has 0 spiro atoms. The van der Waals surface area contributed by atoms with Crippen molar-refractivity contribution in [3.63, 3.8) is 0 Å². The van der Waals surface area contributed by atoms with Gasteiger partial charge in [-0.3, -0.25) is 9.59 Å². The molecule has 2 heterocycles. The van der Waals surface area contributed by atoms with E-state index < -0.39 is 16.6 Å². The fourth-order valence-electron chi connectivity index (χ4n) is 8.16. The van der Waals surface area contributed by atoms with Gasteiger partial charge in [0.15, 0.2) is 16.6 Å². The van der Waals surface area contributed by atoms with Crippen LogP contribution in [0, 0.1) is 7.14 Å². The van der Waals surface area contributed by atoms with E-state index in [-0.39, 0.29) is 49.7 Å². The number of benzene rings is 6. The quantitative estimate of drug-likeness (QED) is 0.0256. The van der Waals surface area contributed by atoms with Crippen LogP contribution in [0.1, 0.15) is 103 Å². The van der Waals surface area contributed by atoms with Crippen molar-refractivity contribution in [3.8, 4) is 11.5 Å². The summed E-state index contributed by atoms with van der Waals surface area (Å²) in [5.74, 6) is 1.32. The molecule has 0 aliphatic carbocycles. The highest BCUT2D eigenvalue weighted by atomic mass is 127. The van der Waals surface area contributed by atoms with Gasteiger partial charge in [0.05, 0.1) is 23.2 Å². The third-order valence-corrected chi connectivity index (χ3v) is 25.8. The van der Waals surface area contributed by atoms with Crippen molar-refractivity contribution >= 4 is 99.6 Å². The molecule has 81 heavy (non-hydrogen) atoms. The van der Waals surface area contributed by atoms with Gasteiger partial charge in [-0.1, -0.05) is 169 Å². The number of nitrogens with two attached hydrogens (primary N) is 1. The van der Waals surface area contributed by atoms with Gasteiger partial charge in [0.2, 0.25) is 11.1 Å². The maximum Gasteiger partial charge on any atom is 0.248 e. The lowest BCUT2D eigenvalue weighted by Crippen LogP contribution is -2.43. The van der Waals surface area contributed by atoms with Gasteiger partial charge in [-0.15, -0.1) is 0 Å². The highest BCUT2D eigenvalue weighted by molar-refractivity contribution is 14.1. The second-order valence-electron chi connectivity index (χ2n) is 22.7. The van der Waals surface area contributed by atoms with Gasteiger partial charge < -0.3 is 39.3 Å². The van der Waals surface area contributed by atoms with E-state index in [0.717, 1.165) is 59.0 Å². The Morgan fingerprint density at radius 3 is 1.33 bits per heavy atom. The van der Waals surface area contributed by atoms with E-state index in [1.807, 2.05) is 84.9 Å². The second kappa shape index (κ2) is 32.0. The van der Waals surface area contributed by atoms with Crippen molar-refractivity contribution in [2.24, 2.45) is 5.73 Å². The minimum Gasteiger partial charge on any atom is -0.487 e. The number of pyridine rings is 2. The van der Waals surface area contributed by atoms with Crippen molar-refractivity contribution in [1.82, 2.24) is 15.3 Å². The Morgan fingerprint density at radius 2 is 0.938 bits per heavy atom. The van der Waals surface area contributed by atoms with Gasteiger partial charge in [0.25, 0.3) is 0 Å². The Kier molecular flexibility index (Phi) is 27.3. The zero-order valence-corrected chi connectivity index (χ0v) is 55.4. The number of hydrogen-bond acceptors (Lipinski definition) is 8. The first-order valence-electron chi connectivity index (χ1n) is 26.9. The van der Waals surface area contributed by atoms with Crippen LogP contribution in [-0.4, -0.2) is 51.6 Å². The maximum absolute atomic E-state index is 12.4. The van der Waals surface area contributed by atoms with Crippen LogP contribution in [-0.2, 0) is 34.9 Å². The molecular formula is C66H89BrI2N4O6Si2. The van der Waals surface area contributed by atoms with Crippen molar-refractivity contribution in [2.75, 3.05) is 25.0 Å². The molecule has 2 atom stereocenters. The molecule has 8 aromatic rings. The van der Waals surface area contributed by atoms with Crippen molar-refractivity contribution in [2.45, 2.75) is 131 Å². The molecule has 0 bridgehead atoms. The van der Waals surface area contributed by atoms with Crippen molar-refractivity contribution in [3.05, 3.63) is 219 Å². The number of aromatic amines is 2. The monoisotopic (exact) mass is 1420 g/mol. The van der Waals surface area contributed by atoms with Crippen molar-refractivity contribution in [1.29, 1.82) is 0 Å². The van der Waals surface area contributed by atoms with Gasteiger partial charge in [-0.05, 0) is 189 Å². The molecule has 0 aliphatic rings. The summed E-state index contributed by atoms with van der Waals surface area (Å²) in [5, 5.41) is 6.40. The Morgan fingerprint density at radius 1 is 0.543 bits per heavy atom. The summed E-state index contributed by atoms with van der Waals surface area (Å²) in [6.45, 7) is 25.7. The number of alkyl halides is 1. The third kappa shape index (κ3) is 20.4. The summed E-state index contributed by atoms with van der Waals surface area (Å²) in [4.78, 5) is 30.4. The summed E-state index contributed by atoms with van der Waals surface area (Å²) in [5.41, 5.74) is 13.4. The Hall–Kier alpha value is -4.45. The summed E-state index contributed by atoms with van der Waals surface area (Å²) in [6.07, 6.45) is 1.66. The SMILES string of the molecule is C.C.CC(C)(C)[Si](C)(C)O[C@H](CBr)c1ccc(OCc2ccccc2)c2[nH]c(=O)ccc12.CC(C)(C)[Si](C)(C)O[C@H](CNCCc1ccc(I)cc1)c1ccc(OCc2ccccc2)c2[nH]c(=O)ccc12.NCCc1ccc(I)cc1.[HH]. The molecular weight excluding hydrogens is 1330 g/mol. The molecule has 0 saturated heterocycles. The standard InChI is InChI=1S/C32H39IN2O3Si.C24H30BrNO3Si.C8H10IN.2CH4.H2/c1-32(2,3)39(4,5)38-29(21-34-20-19-23-11-13-25(33)14-12-23)26-15-17-28(31-27(26)16-18-30(36)35-31)37-22-24-9-7-6-8-10-24;1-24(2,3)30(4,5)29-21(15-25)18-11-13-20(23-19(18)12-14-22(27)26-23)28-16-17-9-7-6-8-10-17;9-8-3-1-7(2-4-8)5-6-10;;;/h6-18,29,34H,19-22H2,1-5H3,(H,35,36);6-14,21H,15-16H2,1-5H3,(H,26,27);1-4H,5-6,10H2;2*1H4;1H/t29-;21-;;;;/m11..../s1. The van der Waals surface area contributed by atoms with Crippen LogP contribution in [0.3, 0.4) is 0 Å². The number of ether oxygens (including phenoxy) is 2. The molecule has 438 valence electrons. The molecule has 0 radical (unpaired) electrons. The number of nitrogens with one attached hydrogen (secondary N) is 3. The topological polar surface area (TPSA) is 141 Å². The van der Waals surface area contributed by atoms with Gasteiger partial charge in [0.1, 0.15) is 24.7 Å². The molecule has 2 aromatic heterocycles. The van der Waals surface area contributed by atoms with Crippen LogP contribution in [0.25, 0.3) is 21.8 Å². The Bertz CT molecular complexity index is 3300. The van der Waals surface area contributed by atoms with Crippen LogP contribution in [0.15, 0.2) is 167 Å². The summed E-state index contributed by atoms with van der Waals surface area (Å²) < 4.78 is 28.5. The lowest BCUT2D eigenvalue weighted by molar-refractivity contribution is 0.182. The van der Waals surface area contributed by atoms with Gasteiger partial charge in [-0.25, -0.2) is 0 Å². The smallest absolute Gasteiger partial charge is 0.248 e. The number of hydrogen-bond donors (Lipinski definition) is 4. The van der Waals surface area contributed by atoms with Gasteiger partial charge in [0, 0.05) is 43.3 Å². The summed E-state index contributed by atoms with van der Waals surface area (Å²) in [6, 6.07) is 52.1. The summed E-state index contributed by atoms with van der Waals surface area (Å²) >= 11 is 8.27. The predicted octanol–water partition coefficient (Wildman–Crippen LogP) is 17.5. The van der Waals surface area contributed by atoms with Crippen LogP contribution in [0.2, 0.25) is 36.3 Å². The van der Waals surface area contributed by atoms with Gasteiger partial charge in [-0.2, -0.15) is 0 Å². The minimum atomic E-state index is -2.10. The molecule has 0 saturated carbocycles. The van der Waals surface area contributed by atoms with Crippen molar-refractivity contribution < 1.29 is 19.8 Å². The van der Waals surface area contributed by atoms with Crippen LogP contribution < -0.4 is 31.6 Å². The van der Waals surface area contributed by atoms with E-state index in [1.165, 1.54) is 18.3 Å². The van der Waals surface area contributed by atoms with Crippen LogP contribution in [0.5, 0.6) is 11.5 Å². The second-order valence-corrected chi connectivity index (χ2v) is 35.4. The number of halogens is 3. The highest BCUT2D eigenvalue weighted by Crippen LogP contribution is 2.43. The number of H-pyrrole nitrogens is 2. The third-order valence-electron chi connectivity index (χ3n) is 14.8. The maximum atomic E-state index is 12.4. The molecule has 0 amide bonds. The lowest BCUT2D eigenvalue weighted by atomic mass is 10.0. The molecule has 15 heteroatoms. The highest BCUT2D eigenvalue weighted by Gasteiger charge is 2.41. The average Bonchev–Trinajstić information content (AvgIpc) is 3.44. The summed E-state index contributed by atoms with van der Waals surface area (Å²) in [7, 11) is -4.07. The minimum absolute atomic E-state index is 0. The molecule has 0 aliphatic heterocycles. The van der Waals surface area contributed by atoms with E-state index in [0.29, 0.717) is 47.6 Å². The first kappa shape index (κ1) is 69.0. The molecule has 0 unspecified atom stereocenters.